The molecule has 0 bridgehead atoms. The van der Waals surface area contributed by atoms with Crippen molar-refractivity contribution in [3.8, 4) is 0 Å². The van der Waals surface area contributed by atoms with Crippen molar-refractivity contribution in [1.82, 2.24) is 14.5 Å². The Kier molecular flexibility index (Phi) is 5.03. The first-order chi connectivity index (χ1) is 8.99. The van der Waals surface area contributed by atoms with E-state index in [1.807, 2.05) is 48.5 Å². The number of hydrogen-bond acceptors (Lipinski definition) is 3. The van der Waals surface area contributed by atoms with E-state index in [1.54, 1.807) is 10.9 Å². The number of nitrogens with zero attached hydrogens (tertiary/aromatic N) is 2. The van der Waals surface area contributed by atoms with Crippen molar-refractivity contribution in [1.29, 1.82) is 0 Å². The lowest BCUT2D eigenvalue weighted by Crippen LogP contribution is -2.33. The first-order valence-electron chi connectivity index (χ1n) is 7.11. The lowest BCUT2D eigenvalue weighted by Gasteiger charge is -2.18. The summed E-state index contributed by atoms with van der Waals surface area (Å²) in [5.74, 6) is 0. The largest absolute Gasteiger partial charge is 0.269 e. The molecular formula is C14H27N3O2S. The van der Waals surface area contributed by atoms with Crippen LogP contribution in [0.25, 0.3) is 0 Å². The third kappa shape index (κ3) is 3.82. The Labute approximate surface area is 122 Å². The molecule has 1 aromatic rings. The molecule has 0 saturated heterocycles. The molecule has 0 aromatic carbocycles. The molecule has 0 aliphatic carbocycles. The monoisotopic (exact) mass is 301 g/mol. The SMILES string of the molecule is CCC(C)NS(=O)(=O)c1cn(C(C)C)nc1C(C)(C)C. The molecule has 1 aromatic heterocycles. The summed E-state index contributed by atoms with van der Waals surface area (Å²) >= 11 is 0. The van der Waals surface area contributed by atoms with Crippen molar-refractivity contribution < 1.29 is 8.42 Å². The second-order valence-electron chi connectivity index (χ2n) is 6.60. The minimum absolute atomic E-state index is 0.0878. The van der Waals surface area contributed by atoms with Crippen molar-refractivity contribution >= 4 is 10.0 Å². The maximum Gasteiger partial charge on any atom is 0.244 e. The van der Waals surface area contributed by atoms with Crippen molar-refractivity contribution in [3.63, 3.8) is 0 Å². The average Bonchev–Trinajstić information content (AvgIpc) is 2.73. The molecule has 1 heterocycles. The van der Waals surface area contributed by atoms with E-state index in [-0.39, 0.29) is 17.5 Å². The van der Waals surface area contributed by atoms with E-state index in [0.717, 1.165) is 6.42 Å². The van der Waals surface area contributed by atoms with Crippen LogP contribution in [0.15, 0.2) is 11.1 Å². The molecular weight excluding hydrogens is 274 g/mol. The van der Waals surface area contributed by atoms with Gasteiger partial charge in [-0.2, -0.15) is 5.10 Å². The Bertz CT molecular complexity index is 553. The van der Waals surface area contributed by atoms with Crippen LogP contribution in [-0.2, 0) is 15.4 Å². The number of hydrogen-bond donors (Lipinski definition) is 1. The molecule has 1 N–H and O–H groups in total. The van der Waals surface area contributed by atoms with Crippen LogP contribution in [0.4, 0.5) is 0 Å². The fraction of sp³-hybridized carbons (Fsp3) is 0.786. The summed E-state index contributed by atoms with van der Waals surface area (Å²) in [4.78, 5) is 0.291. The van der Waals surface area contributed by atoms with Crippen LogP contribution in [-0.4, -0.2) is 24.2 Å². The zero-order valence-electron chi connectivity index (χ0n) is 13.6. The highest BCUT2D eigenvalue weighted by molar-refractivity contribution is 7.89. The van der Waals surface area contributed by atoms with Crippen molar-refractivity contribution in [2.24, 2.45) is 0 Å². The zero-order valence-corrected chi connectivity index (χ0v) is 14.4. The van der Waals surface area contributed by atoms with Crippen LogP contribution in [0.5, 0.6) is 0 Å². The van der Waals surface area contributed by atoms with E-state index < -0.39 is 10.0 Å². The summed E-state index contributed by atoms with van der Waals surface area (Å²) in [6, 6.07) is 0.0406. The molecule has 5 nitrogen and oxygen atoms in total. The molecule has 1 atom stereocenters. The van der Waals surface area contributed by atoms with E-state index >= 15 is 0 Å². The summed E-state index contributed by atoms with van der Waals surface area (Å²) < 4.78 is 29.5. The molecule has 0 amide bonds. The maximum absolute atomic E-state index is 12.5. The molecule has 1 rings (SSSR count). The van der Waals surface area contributed by atoms with Crippen LogP contribution in [0.2, 0.25) is 0 Å². The second-order valence-corrected chi connectivity index (χ2v) is 8.28. The highest BCUT2D eigenvalue weighted by Gasteiger charge is 2.30. The average molecular weight is 301 g/mol. The fourth-order valence-corrected chi connectivity index (χ4v) is 3.44. The van der Waals surface area contributed by atoms with Gasteiger partial charge in [0.1, 0.15) is 4.90 Å². The van der Waals surface area contributed by atoms with E-state index in [9.17, 15) is 8.42 Å². The number of aromatic nitrogens is 2. The number of rotatable bonds is 5. The topological polar surface area (TPSA) is 64.0 Å². The summed E-state index contributed by atoms with van der Waals surface area (Å²) in [6.07, 6.45) is 2.39. The first-order valence-corrected chi connectivity index (χ1v) is 8.59. The fourth-order valence-electron chi connectivity index (χ4n) is 1.77. The minimum Gasteiger partial charge on any atom is -0.269 e. The predicted molar refractivity (Wildman–Crippen MR) is 81.4 cm³/mol. The molecule has 0 aliphatic heterocycles. The molecule has 0 radical (unpaired) electrons. The molecule has 116 valence electrons. The molecule has 20 heavy (non-hydrogen) atoms. The standard InChI is InChI=1S/C14H27N3O2S/c1-8-11(4)16-20(18,19)12-9-17(10(2)3)15-13(12)14(5,6)7/h9-11,16H,8H2,1-7H3. The maximum atomic E-state index is 12.5. The van der Waals surface area contributed by atoms with Crippen molar-refractivity contribution in [2.75, 3.05) is 0 Å². The van der Waals surface area contributed by atoms with Gasteiger partial charge >= 0.3 is 0 Å². The minimum atomic E-state index is -3.53. The molecule has 0 spiro atoms. The molecule has 6 heteroatoms. The summed E-state index contributed by atoms with van der Waals surface area (Å²) in [5, 5.41) is 4.48. The smallest absolute Gasteiger partial charge is 0.244 e. The van der Waals surface area contributed by atoms with Gasteiger partial charge in [-0.25, -0.2) is 13.1 Å². The van der Waals surface area contributed by atoms with Crippen LogP contribution in [0.3, 0.4) is 0 Å². The normalized spacial score (nSPS) is 14.8. The lowest BCUT2D eigenvalue weighted by atomic mass is 9.92. The van der Waals surface area contributed by atoms with E-state index in [2.05, 4.69) is 9.82 Å². The number of nitrogens with one attached hydrogen (secondary N) is 1. The van der Waals surface area contributed by atoms with Gasteiger partial charge in [0.2, 0.25) is 10.0 Å². The molecule has 0 aliphatic rings. The second kappa shape index (κ2) is 5.85. The molecule has 0 fully saturated rings. The summed E-state index contributed by atoms with van der Waals surface area (Å²) in [7, 11) is -3.53. The highest BCUT2D eigenvalue weighted by atomic mass is 32.2. The van der Waals surface area contributed by atoms with Crippen LogP contribution < -0.4 is 4.72 Å². The van der Waals surface area contributed by atoms with Gasteiger partial charge in [-0.05, 0) is 27.2 Å². The van der Waals surface area contributed by atoms with E-state index in [4.69, 9.17) is 0 Å². The van der Waals surface area contributed by atoms with Crippen LogP contribution >= 0.6 is 0 Å². The highest BCUT2D eigenvalue weighted by Crippen LogP contribution is 2.28. The van der Waals surface area contributed by atoms with Gasteiger partial charge in [-0.15, -0.1) is 0 Å². The lowest BCUT2D eigenvalue weighted by molar-refractivity contribution is 0.493. The van der Waals surface area contributed by atoms with Crippen molar-refractivity contribution in [2.45, 2.75) is 77.3 Å². The predicted octanol–water partition coefficient (Wildman–Crippen LogP) is 2.84. The number of sulfonamides is 1. The third-order valence-electron chi connectivity index (χ3n) is 3.20. The van der Waals surface area contributed by atoms with Gasteiger partial charge < -0.3 is 0 Å². The first kappa shape index (κ1) is 17.2. The van der Waals surface area contributed by atoms with E-state index in [0.29, 0.717) is 10.6 Å². The third-order valence-corrected chi connectivity index (χ3v) is 4.79. The quantitative estimate of drug-likeness (QED) is 0.909. The van der Waals surface area contributed by atoms with Gasteiger partial charge in [0.25, 0.3) is 0 Å². The van der Waals surface area contributed by atoms with Gasteiger partial charge in [-0.3, -0.25) is 4.68 Å². The molecule has 0 saturated carbocycles. The Morgan fingerprint density at radius 1 is 1.30 bits per heavy atom. The summed E-state index contributed by atoms with van der Waals surface area (Å²) in [5.41, 5.74) is 0.293. The van der Waals surface area contributed by atoms with Crippen LogP contribution in [0, 0.1) is 0 Å². The van der Waals surface area contributed by atoms with Gasteiger partial charge in [0, 0.05) is 23.7 Å². The van der Waals surface area contributed by atoms with Crippen molar-refractivity contribution in [3.05, 3.63) is 11.9 Å². The van der Waals surface area contributed by atoms with Gasteiger partial charge in [-0.1, -0.05) is 27.7 Å². The summed E-state index contributed by atoms with van der Waals surface area (Å²) in [6.45, 7) is 13.7. The molecule has 1 unspecified atom stereocenters. The Hall–Kier alpha value is -0.880. The van der Waals surface area contributed by atoms with Gasteiger partial charge in [0.05, 0.1) is 5.69 Å². The Morgan fingerprint density at radius 3 is 2.25 bits per heavy atom. The Morgan fingerprint density at radius 2 is 1.85 bits per heavy atom. The zero-order chi connectivity index (χ0) is 15.7. The Balaban J connectivity index is 3.36. The van der Waals surface area contributed by atoms with E-state index in [1.165, 1.54) is 0 Å². The van der Waals surface area contributed by atoms with Gasteiger partial charge in [0.15, 0.2) is 0 Å². The van der Waals surface area contributed by atoms with Crippen LogP contribution in [0.1, 0.15) is 66.6 Å².